The number of hydrogen-bond acceptors (Lipinski definition) is 5. The van der Waals surface area contributed by atoms with Crippen LogP contribution in [0, 0.1) is 5.92 Å². The quantitative estimate of drug-likeness (QED) is 0.247. The topological polar surface area (TPSA) is 98.5 Å². The molecule has 0 aromatic carbocycles. The Morgan fingerprint density at radius 2 is 2.20 bits per heavy atom. The summed E-state index contributed by atoms with van der Waals surface area (Å²) in [5, 5.41) is 0. The van der Waals surface area contributed by atoms with Crippen LogP contribution in [-0.2, 0) is 19.2 Å². The lowest BCUT2D eigenvalue weighted by molar-refractivity contribution is -0.156. The first-order valence-electron chi connectivity index (χ1n) is 4.42. The van der Waals surface area contributed by atoms with E-state index >= 15 is 0 Å². The number of carbonyl (C=O) groups is 3. The summed E-state index contributed by atoms with van der Waals surface area (Å²) < 4.78 is 0. The molecule has 1 aliphatic rings. The van der Waals surface area contributed by atoms with Crippen molar-refractivity contribution in [1.29, 1.82) is 0 Å². The van der Waals surface area contributed by atoms with Gasteiger partial charge in [-0.1, -0.05) is 6.08 Å². The van der Waals surface area contributed by atoms with Gasteiger partial charge in [-0.25, -0.2) is 0 Å². The Hall–Kier alpha value is -1.53. The van der Waals surface area contributed by atoms with Gasteiger partial charge in [-0.05, 0) is 0 Å². The second-order valence-corrected chi connectivity index (χ2v) is 3.20. The maximum Gasteiger partial charge on any atom is 0.218 e. The van der Waals surface area contributed by atoms with E-state index in [2.05, 4.69) is 12.1 Å². The van der Waals surface area contributed by atoms with Crippen molar-refractivity contribution in [3.05, 3.63) is 12.7 Å². The maximum absolute atomic E-state index is 11.1. The van der Waals surface area contributed by atoms with Gasteiger partial charge in [0.15, 0.2) is 0 Å². The SMILES string of the molecule is C=CCONC1C(=O)C(=O)C1CC(N)=O. The predicted molar refractivity (Wildman–Crippen MR) is 50.4 cm³/mol. The molecule has 1 amide bonds. The van der Waals surface area contributed by atoms with Crippen LogP contribution < -0.4 is 11.2 Å². The molecule has 0 spiro atoms. The van der Waals surface area contributed by atoms with Gasteiger partial charge in [0.05, 0.1) is 12.5 Å². The van der Waals surface area contributed by atoms with Crippen LogP contribution in [0.25, 0.3) is 0 Å². The number of ketones is 2. The summed E-state index contributed by atoms with van der Waals surface area (Å²) in [5.41, 5.74) is 7.35. The summed E-state index contributed by atoms with van der Waals surface area (Å²) in [7, 11) is 0. The molecule has 1 aliphatic carbocycles. The van der Waals surface area contributed by atoms with Crippen molar-refractivity contribution in [2.24, 2.45) is 11.7 Å². The van der Waals surface area contributed by atoms with Crippen LogP contribution in [0.15, 0.2) is 12.7 Å². The molecule has 2 unspecified atom stereocenters. The summed E-state index contributed by atoms with van der Waals surface area (Å²) in [6, 6.07) is -0.759. The molecule has 0 heterocycles. The molecule has 6 nitrogen and oxygen atoms in total. The maximum atomic E-state index is 11.1. The van der Waals surface area contributed by atoms with Crippen molar-refractivity contribution >= 4 is 17.5 Å². The average Bonchev–Trinajstić information content (AvgIpc) is 2.21. The second-order valence-electron chi connectivity index (χ2n) is 3.20. The zero-order chi connectivity index (χ0) is 11.4. The number of nitrogens with one attached hydrogen (secondary N) is 1. The first-order valence-corrected chi connectivity index (χ1v) is 4.42. The van der Waals surface area contributed by atoms with Crippen LogP contribution in [0.5, 0.6) is 0 Å². The molecular formula is C9H12N2O4. The molecule has 0 aromatic rings. The largest absolute Gasteiger partial charge is 0.370 e. The van der Waals surface area contributed by atoms with Gasteiger partial charge >= 0.3 is 0 Å². The van der Waals surface area contributed by atoms with Crippen LogP contribution in [0.1, 0.15) is 6.42 Å². The molecule has 0 aliphatic heterocycles. The van der Waals surface area contributed by atoms with Crippen molar-refractivity contribution in [1.82, 2.24) is 5.48 Å². The van der Waals surface area contributed by atoms with E-state index in [4.69, 9.17) is 10.6 Å². The smallest absolute Gasteiger partial charge is 0.218 e. The molecule has 6 heteroatoms. The Bertz CT molecular complexity index is 313. The number of primary amides is 1. The van der Waals surface area contributed by atoms with Gasteiger partial charge in [-0.2, -0.15) is 5.48 Å². The lowest BCUT2D eigenvalue weighted by atomic mass is 9.75. The molecule has 15 heavy (non-hydrogen) atoms. The zero-order valence-corrected chi connectivity index (χ0v) is 8.06. The molecule has 1 saturated carbocycles. The van der Waals surface area contributed by atoms with E-state index in [0.717, 1.165) is 0 Å². The number of nitrogens with two attached hydrogens (primary N) is 1. The first-order chi connectivity index (χ1) is 7.07. The Labute approximate surface area is 86.4 Å². The molecule has 0 bridgehead atoms. The predicted octanol–water partition coefficient (Wildman–Crippen LogP) is -1.29. The summed E-state index contributed by atoms with van der Waals surface area (Å²) in [4.78, 5) is 37.6. The van der Waals surface area contributed by atoms with Crippen molar-refractivity contribution in [2.45, 2.75) is 12.5 Å². The average molecular weight is 212 g/mol. The zero-order valence-electron chi connectivity index (χ0n) is 8.06. The third-order valence-corrected chi connectivity index (χ3v) is 2.10. The fourth-order valence-electron chi connectivity index (χ4n) is 1.33. The highest BCUT2D eigenvalue weighted by Gasteiger charge is 2.49. The summed E-state index contributed by atoms with van der Waals surface area (Å²) in [6.45, 7) is 3.62. The molecule has 3 N–H and O–H groups in total. The van der Waals surface area contributed by atoms with Gasteiger partial charge in [0.2, 0.25) is 17.5 Å². The fraction of sp³-hybridized carbons (Fsp3) is 0.444. The summed E-state index contributed by atoms with van der Waals surface area (Å²) in [6.07, 6.45) is 1.35. The van der Waals surface area contributed by atoms with Crippen molar-refractivity contribution in [2.75, 3.05) is 6.61 Å². The van der Waals surface area contributed by atoms with Crippen molar-refractivity contribution in [3.8, 4) is 0 Å². The molecule has 0 saturated heterocycles. The van der Waals surface area contributed by atoms with E-state index in [1.807, 2.05) is 0 Å². The highest BCUT2D eigenvalue weighted by Crippen LogP contribution is 2.23. The normalized spacial score (nSPS) is 24.8. The minimum Gasteiger partial charge on any atom is -0.370 e. The monoisotopic (exact) mass is 212 g/mol. The third kappa shape index (κ3) is 2.48. The molecule has 82 valence electrons. The Balaban J connectivity index is 2.47. The van der Waals surface area contributed by atoms with E-state index in [1.165, 1.54) is 6.08 Å². The number of Topliss-reactive ketones (excluding diaryl/α,β-unsaturated/α-hetero) is 2. The third-order valence-electron chi connectivity index (χ3n) is 2.10. The van der Waals surface area contributed by atoms with E-state index in [0.29, 0.717) is 0 Å². The van der Waals surface area contributed by atoms with Gasteiger partial charge in [-0.3, -0.25) is 19.2 Å². The van der Waals surface area contributed by atoms with Crippen molar-refractivity contribution < 1.29 is 19.2 Å². The highest BCUT2D eigenvalue weighted by molar-refractivity contribution is 6.47. The van der Waals surface area contributed by atoms with Crippen LogP contribution in [0.3, 0.4) is 0 Å². The molecule has 0 aromatic heterocycles. The van der Waals surface area contributed by atoms with Gasteiger partial charge in [0.25, 0.3) is 0 Å². The minimum atomic E-state index is -0.759. The lowest BCUT2D eigenvalue weighted by Crippen LogP contribution is -2.60. The van der Waals surface area contributed by atoms with Crippen molar-refractivity contribution in [3.63, 3.8) is 0 Å². The Morgan fingerprint density at radius 3 is 2.73 bits per heavy atom. The summed E-state index contributed by atoms with van der Waals surface area (Å²) >= 11 is 0. The molecular weight excluding hydrogens is 200 g/mol. The molecule has 1 rings (SSSR count). The van der Waals surface area contributed by atoms with Gasteiger partial charge < -0.3 is 5.73 Å². The van der Waals surface area contributed by atoms with Gasteiger partial charge in [0.1, 0.15) is 6.04 Å². The van der Waals surface area contributed by atoms with Gasteiger partial charge in [-0.15, -0.1) is 6.58 Å². The lowest BCUT2D eigenvalue weighted by Gasteiger charge is -2.32. The number of rotatable bonds is 6. The van der Waals surface area contributed by atoms with E-state index < -0.39 is 29.4 Å². The number of carbonyl (C=O) groups excluding carboxylic acids is 3. The van der Waals surface area contributed by atoms with Crippen LogP contribution >= 0.6 is 0 Å². The molecule has 1 fully saturated rings. The molecule has 2 atom stereocenters. The van der Waals surface area contributed by atoms with Crippen LogP contribution in [0.4, 0.5) is 0 Å². The highest BCUT2D eigenvalue weighted by atomic mass is 16.6. The molecule has 0 radical (unpaired) electrons. The van der Waals surface area contributed by atoms with Crippen LogP contribution in [-0.4, -0.2) is 30.1 Å². The number of amides is 1. The Morgan fingerprint density at radius 1 is 1.53 bits per heavy atom. The summed E-state index contributed by atoms with van der Waals surface area (Å²) in [5.74, 6) is -2.46. The number of hydroxylamine groups is 1. The van der Waals surface area contributed by atoms with E-state index in [-0.39, 0.29) is 13.0 Å². The van der Waals surface area contributed by atoms with E-state index in [9.17, 15) is 14.4 Å². The minimum absolute atomic E-state index is 0.139. The van der Waals surface area contributed by atoms with Gasteiger partial charge in [0, 0.05) is 6.42 Å². The van der Waals surface area contributed by atoms with Crippen LogP contribution in [0.2, 0.25) is 0 Å². The standard InChI is InChI=1S/C9H12N2O4/c1-2-3-15-11-7-5(4-6(10)12)8(13)9(7)14/h2,5,7,11H,1,3-4H2,(H2,10,12). The Kier molecular flexibility index (Phi) is 3.70. The second kappa shape index (κ2) is 4.81. The number of hydrogen-bond donors (Lipinski definition) is 2. The fourth-order valence-corrected chi connectivity index (χ4v) is 1.33. The van der Waals surface area contributed by atoms with E-state index in [1.54, 1.807) is 0 Å². The first kappa shape index (κ1) is 11.5.